The topological polar surface area (TPSA) is 269 Å². The molecule has 404 valence electrons. The van der Waals surface area contributed by atoms with Crippen molar-refractivity contribution in [3.8, 4) is 0 Å². The molecule has 0 aromatic carbocycles. The van der Waals surface area contributed by atoms with E-state index in [9.17, 15) is 53.8 Å². The number of aliphatic hydroxyl groups is 4. The molecule has 7 unspecified atom stereocenters. The van der Waals surface area contributed by atoms with E-state index in [0.29, 0.717) is 31.5 Å². The van der Waals surface area contributed by atoms with Crippen LogP contribution >= 0.6 is 15.6 Å². The number of hydrogen-bond donors (Lipinski definition) is 7. The molecule has 2 rings (SSSR count). The summed E-state index contributed by atoms with van der Waals surface area (Å²) >= 11 is 0. The van der Waals surface area contributed by atoms with Crippen LogP contribution in [-0.2, 0) is 46.5 Å². The van der Waals surface area contributed by atoms with Crippen molar-refractivity contribution in [2.24, 2.45) is 0 Å². The Bertz CT molecular complexity index is 1650. The third-order valence-corrected chi connectivity index (χ3v) is 13.5. The van der Waals surface area contributed by atoms with Gasteiger partial charge in [-0.25, -0.2) is 9.13 Å². The van der Waals surface area contributed by atoms with Gasteiger partial charge in [-0.3, -0.25) is 23.2 Å². The Morgan fingerprint density at radius 1 is 0.529 bits per heavy atom. The quantitative estimate of drug-likeness (QED) is 0.00986. The van der Waals surface area contributed by atoms with E-state index < -0.39 is 83.5 Å². The predicted molar refractivity (Wildman–Crippen MR) is 268 cm³/mol. The molecular formula is C51H88O17P2. The summed E-state index contributed by atoms with van der Waals surface area (Å²) in [5.41, 5.74) is 0. The lowest BCUT2D eigenvalue weighted by atomic mass is 9.85. The number of hydrogen-bond acceptors (Lipinski definition) is 14. The lowest BCUT2D eigenvalue weighted by Gasteiger charge is -2.43. The molecule has 0 aromatic heterocycles. The van der Waals surface area contributed by atoms with E-state index in [2.05, 4.69) is 67.0 Å². The highest BCUT2D eigenvalue weighted by Crippen LogP contribution is 2.49. The maximum atomic E-state index is 13.0. The molecule has 19 heteroatoms. The van der Waals surface area contributed by atoms with Crippen molar-refractivity contribution in [1.29, 1.82) is 0 Å². The van der Waals surface area contributed by atoms with Crippen molar-refractivity contribution in [2.75, 3.05) is 13.2 Å². The normalized spacial score (nSPS) is 24.4. The van der Waals surface area contributed by atoms with Gasteiger partial charge in [0.15, 0.2) is 6.10 Å². The smallest absolute Gasteiger partial charge is 0.462 e. The fourth-order valence-corrected chi connectivity index (χ4v) is 9.39. The van der Waals surface area contributed by atoms with Crippen LogP contribution in [0.2, 0.25) is 0 Å². The molecule has 2 aliphatic rings. The van der Waals surface area contributed by atoms with Crippen LogP contribution in [0.4, 0.5) is 0 Å². The van der Waals surface area contributed by atoms with Crippen molar-refractivity contribution in [1.82, 2.24) is 0 Å². The highest BCUT2D eigenvalue weighted by atomic mass is 31.2. The van der Waals surface area contributed by atoms with E-state index in [1.54, 1.807) is 0 Å². The summed E-state index contributed by atoms with van der Waals surface area (Å²) in [6, 6.07) is 0. The summed E-state index contributed by atoms with van der Waals surface area (Å²) in [6.07, 6.45) is 32.0. The second kappa shape index (κ2) is 38.3. The van der Waals surface area contributed by atoms with Gasteiger partial charge >= 0.3 is 27.6 Å². The zero-order valence-electron chi connectivity index (χ0n) is 41.9. The Kier molecular flexibility index (Phi) is 34.9. The fraction of sp³-hybridized carbons (Fsp3) is 0.765. The third-order valence-electron chi connectivity index (χ3n) is 12.0. The Morgan fingerprint density at radius 2 is 1.01 bits per heavy atom. The molecule has 0 amide bonds. The highest BCUT2D eigenvalue weighted by molar-refractivity contribution is 7.47. The van der Waals surface area contributed by atoms with Gasteiger partial charge in [0.1, 0.15) is 43.2 Å². The number of esters is 2. The summed E-state index contributed by atoms with van der Waals surface area (Å²) in [4.78, 5) is 54.4. The molecule has 17 nitrogen and oxygen atoms in total. The standard InChI is InChI=1S/C51H88O17P2/c1-3-5-7-8-9-10-11-12-13-14-15-16-17-18-19-23-26-29-33-37-44(52)63-39-41(40-64-70(61,62)68-51-48(56)46(54)47(55)50(49(51)57)67-69(58,59)60)65-45(53)38-34-30-27-24-21-20-22-25-28-32-36-43-42(66-43)35-31-6-4-2/h9-10,12-13,20,22,24,27-28,32,41-43,46-51,54-57H,3-8,11,14-19,21,23,25-26,29-31,33-40H2,1-2H3,(H,61,62)(H2,58,59,60)/b10-9-,13-12-,22-20-,27-24-,32-28-/t41-,42?,43?,46?,47?,48?,49?,50-,51+/m1/s1. The average Bonchev–Trinajstić information content (AvgIpc) is 4.07. The maximum Gasteiger partial charge on any atom is 0.472 e. The largest absolute Gasteiger partial charge is 0.472 e. The van der Waals surface area contributed by atoms with Gasteiger partial charge < -0.3 is 49.3 Å². The number of unbranched alkanes of at least 4 members (excludes halogenated alkanes) is 15. The summed E-state index contributed by atoms with van der Waals surface area (Å²) < 4.78 is 55.2. The van der Waals surface area contributed by atoms with Gasteiger partial charge in [-0.05, 0) is 77.0 Å². The zero-order valence-corrected chi connectivity index (χ0v) is 43.7. The predicted octanol–water partition coefficient (Wildman–Crippen LogP) is 9.61. The van der Waals surface area contributed by atoms with E-state index in [1.165, 1.54) is 70.6 Å². The van der Waals surface area contributed by atoms with Crippen molar-refractivity contribution in [2.45, 2.75) is 236 Å². The Balaban J connectivity index is 1.77. The highest BCUT2D eigenvalue weighted by Gasteiger charge is 2.54. The van der Waals surface area contributed by atoms with E-state index in [4.69, 9.17) is 23.3 Å². The second-order valence-corrected chi connectivity index (χ2v) is 20.9. The van der Waals surface area contributed by atoms with Crippen molar-refractivity contribution in [3.05, 3.63) is 60.8 Å². The van der Waals surface area contributed by atoms with Crippen molar-refractivity contribution in [3.63, 3.8) is 0 Å². The molecule has 0 spiro atoms. The summed E-state index contributed by atoms with van der Waals surface area (Å²) in [6.45, 7) is 3.02. The number of epoxide rings is 1. The number of phosphoric ester groups is 2. The van der Waals surface area contributed by atoms with Crippen LogP contribution in [0.25, 0.3) is 0 Å². The van der Waals surface area contributed by atoms with Crippen LogP contribution in [0.1, 0.15) is 181 Å². The van der Waals surface area contributed by atoms with E-state index in [1.807, 2.05) is 12.2 Å². The van der Waals surface area contributed by atoms with Gasteiger partial charge in [-0.1, -0.05) is 152 Å². The maximum absolute atomic E-state index is 13.0. The van der Waals surface area contributed by atoms with Gasteiger partial charge in [0.05, 0.1) is 18.8 Å². The molecule has 0 radical (unpaired) electrons. The zero-order chi connectivity index (χ0) is 51.5. The first kappa shape index (κ1) is 63.8. The third kappa shape index (κ3) is 31.3. The molecule has 1 aliphatic carbocycles. The van der Waals surface area contributed by atoms with Crippen LogP contribution in [-0.4, -0.2) is 115 Å². The van der Waals surface area contributed by atoms with Gasteiger partial charge in [-0.2, -0.15) is 0 Å². The summed E-state index contributed by atoms with van der Waals surface area (Å²) in [5, 5.41) is 41.3. The Morgan fingerprint density at radius 3 is 1.60 bits per heavy atom. The Hall–Kier alpha value is -2.34. The molecule has 1 heterocycles. The lowest BCUT2D eigenvalue weighted by Crippen LogP contribution is -2.64. The molecule has 10 atom stereocenters. The van der Waals surface area contributed by atoms with E-state index in [-0.39, 0.29) is 12.8 Å². The number of ether oxygens (including phenoxy) is 3. The van der Waals surface area contributed by atoms with Crippen LogP contribution in [0, 0.1) is 0 Å². The van der Waals surface area contributed by atoms with Crippen LogP contribution < -0.4 is 0 Å². The molecule has 0 bridgehead atoms. The summed E-state index contributed by atoms with van der Waals surface area (Å²) in [7, 11) is -10.7. The van der Waals surface area contributed by atoms with Gasteiger partial charge in [0, 0.05) is 12.8 Å². The molecule has 2 fully saturated rings. The molecule has 1 aliphatic heterocycles. The van der Waals surface area contributed by atoms with Crippen molar-refractivity contribution < 1.29 is 81.6 Å². The van der Waals surface area contributed by atoms with Crippen LogP contribution in [0.15, 0.2) is 60.8 Å². The number of allylic oxidation sites excluding steroid dienone is 9. The number of aliphatic hydroxyl groups excluding tert-OH is 4. The number of carbonyl (C=O) groups is 2. The molecule has 0 aromatic rings. The molecule has 1 saturated heterocycles. The fourth-order valence-electron chi connectivity index (χ4n) is 7.85. The minimum atomic E-state index is -5.38. The van der Waals surface area contributed by atoms with Crippen LogP contribution in [0.3, 0.4) is 0 Å². The van der Waals surface area contributed by atoms with Crippen molar-refractivity contribution >= 4 is 27.6 Å². The first-order valence-corrected chi connectivity index (χ1v) is 29.0. The molecule has 7 N–H and O–H groups in total. The van der Waals surface area contributed by atoms with E-state index in [0.717, 1.165) is 64.2 Å². The van der Waals surface area contributed by atoms with E-state index >= 15 is 0 Å². The van der Waals surface area contributed by atoms with Gasteiger partial charge in [-0.15, -0.1) is 0 Å². The van der Waals surface area contributed by atoms with Gasteiger partial charge in [0.2, 0.25) is 0 Å². The van der Waals surface area contributed by atoms with Crippen LogP contribution in [0.5, 0.6) is 0 Å². The molecular weight excluding hydrogens is 946 g/mol. The molecule has 1 saturated carbocycles. The first-order valence-electron chi connectivity index (χ1n) is 26.0. The Labute approximate surface area is 417 Å². The average molecular weight is 1040 g/mol. The molecule has 70 heavy (non-hydrogen) atoms. The SMILES string of the molecule is CCCCC/C=C\C/C=C\CCCCCCCCCCCC(=O)OC[C@H](COP(=O)(O)O[C@H]1C(O)C(O)C(O)[C@@H](OP(=O)(O)O)C1O)OC(=O)CCC/C=C\C/C=C\C/C=C\CC1OC1CCCCC. The monoisotopic (exact) mass is 1030 g/mol. The number of phosphoric acid groups is 2. The number of carbonyl (C=O) groups excluding carboxylic acids is 2. The number of rotatable bonds is 42. The lowest BCUT2D eigenvalue weighted by molar-refractivity contribution is -0.216. The van der Waals surface area contributed by atoms with Gasteiger partial charge in [0.25, 0.3) is 0 Å². The summed E-state index contributed by atoms with van der Waals surface area (Å²) in [5.74, 6) is -1.28. The second-order valence-electron chi connectivity index (χ2n) is 18.3. The minimum absolute atomic E-state index is 0.0385. The minimum Gasteiger partial charge on any atom is -0.462 e. The first-order chi connectivity index (χ1) is 33.6.